The van der Waals surface area contributed by atoms with Crippen LogP contribution in [0.5, 0.6) is 0 Å². The Balaban J connectivity index is 3.62. The summed E-state index contributed by atoms with van der Waals surface area (Å²) in [5.74, 6) is -1.51. The molecule has 0 saturated heterocycles. The minimum Gasteiger partial charge on any atom is -0.466 e. The predicted molar refractivity (Wildman–Crippen MR) is 152 cm³/mol. The molecule has 0 saturated carbocycles. The lowest BCUT2D eigenvalue weighted by Gasteiger charge is -2.45. The molecule has 9 heteroatoms. The molecule has 0 heterocycles. The number of alkyl carbamates (subject to hydrolysis) is 1. The molecule has 3 amide bonds. The van der Waals surface area contributed by atoms with Crippen LogP contribution in [-0.4, -0.2) is 59.1 Å². The summed E-state index contributed by atoms with van der Waals surface area (Å²) >= 11 is 0. The lowest BCUT2D eigenvalue weighted by molar-refractivity contribution is -0.150. The molecule has 1 aromatic rings. The van der Waals surface area contributed by atoms with Crippen LogP contribution in [0.3, 0.4) is 0 Å². The summed E-state index contributed by atoms with van der Waals surface area (Å²) in [4.78, 5) is 54.5. The molecular weight excluding hydrogens is 498 g/mol. The summed E-state index contributed by atoms with van der Waals surface area (Å²) in [6.45, 7) is 20.6. The molecule has 39 heavy (non-hydrogen) atoms. The number of hydrogen-bond donors (Lipinski definition) is 2. The minimum atomic E-state index is -1.00. The average Bonchev–Trinajstić information content (AvgIpc) is 2.80. The molecule has 0 spiro atoms. The number of benzene rings is 1. The highest BCUT2D eigenvalue weighted by molar-refractivity contribution is 5.93. The van der Waals surface area contributed by atoms with Gasteiger partial charge < -0.3 is 25.0 Å². The van der Waals surface area contributed by atoms with E-state index in [1.54, 1.807) is 32.6 Å². The fourth-order valence-electron chi connectivity index (χ4n) is 4.11. The first kappa shape index (κ1) is 33.9. The van der Waals surface area contributed by atoms with E-state index in [2.05, 4.69) is 10.6 Å². The number of aryl methyl sites for hydroxylation is 2. The Labute approximate surface area is 234 Å². The Hall–Kier alpha value is -3.10. The van der Waals surface area contributed by atoms with Crippen LogP contribution >= 0.6 is 0 Å². The zero-order valence-electron chi connectivity index (χ0n) is 25.7. The number of hydrogen-bond acceptors (Lipinski definition) is 6. The second-order valence-electron chi connectivity index (χ2n) is 11.9. The van der Waals surface area contributed by atoms with Crippen molar-refractivity contribution in [1.82, 2.24) is 15.5 Å². The summed E-state index contributed by atoms with van der Waals surface area (Å²) in [5.41, 5.74) is 0.959. The van der Waals surface area contributed by atoms with Crippen molar-refractivity contribution < 1.29 is 28.7 Å². The molecule has 0 bridgehead atoms. The SMILES string of the molecule is CCOC(=O)CCNC(=O)C(c1cc(C)ccc1C)N(C(=O)C(NC(=O)OC(C)(C)C)C(C)C)C(C)(C)CC. The number of rotatable bonds is 12. The van der Waals surface area contributed by atoms with Gasteiger partial charge in [0.1, 0.15) is 17.7 Å². The van der Waals surface area contributed by atoms with E-state index in [1.165, 1.54) is 0 Å². The molecule has 0 aliphatic carbocycles. The summed E-state index contributed by atoms with van der Waals surface area (Å²) < 4.78 is 10.4. The number of carbonyl (C=O) groups excluding carboxylic acids is 4. The van der Waals surface area contributed by atoms with Gasteiger partial charge in [0.25, 0.3) is 0 Å². The maximum absolute atomic E-state index is 14.4. The lowest BCUT2D eigenvalue weighted by atomic mass is 9.88. The van der Waals surface area contributed by atoms with Crippen LogP contribution in [-0.2, 0) is 23.9 Å². The topological polar surface area (TPSA) is 114 Å². The van der Waals surface area contributed by atoms with Gasteiger partial charge in [0.05, 0.1) is 13.0 Å². The molecule has 9 nitrogen and oxygen atoms in total. The smallest absolute Gasteiger partial charge is 0.408 e. The van der Waals surface area contributed by atoms with Gasteiger partial charge in [-0.05, 0) is 78.9 Å². The zero-order chi connectivity index (χ0) is 30.1. The van der Waals surface area contributed by atoms with Gasteiger partial charge in [0.15, 0.2) is 0 Å². The fraction of sp³-hybridized carbons (Fsp3) is 0.667. The third-order valence-corrected chi connectivity index (χ3v) is 6.53. The van der Waals surface area contributed by atoms with Gasteiger partial charge >= 0.3 is 12.1 Å². The molecule has 0 aliphatic heterocycles. The maximum atomic E-state index is 14.4. The summed E-state index contributed by atoms with van der Waals surface area (Å²) in [6, 6.07) is 3.83. The van der Waals surface area contributed by atoms with Crippen molar-refractivity contribution in [3.05, 3.63) is 34.9 Å². The summed E-state index contributed by atoms with van der Waals surface area (Å²) in [5, 5.41) is 5.59. The van der Waals surface area contributed by atoms with Crippen LogP contribution in [0.15, 0.2) is 18.2 Å². The maximum Gasteiger partial charge on any atom is 0.408 e. The molecule has 0 fully saturated rings. The number of carbonyl (C=O) groups is 4. The van der Waals surface area contributed by atoms with Crippen molar-refractivity contribution in [2.45, 2.75) is 112 Å². The quantitative estimate of drug-likeness (QED) is 0.357. The lowest BCUT2D eigenvalue weighted by Crippen LogP contribution is -2.60. The Kier molecular flexibility index (Phi) is 12.5. The Bertz CT molecular complexity index is 1010. The number of amides is 3. The second kappa shape index (κ2) is 14.3. The first-order valence-electron chi connectivity index (χ1n) is 13.8. The van der Waals surface area contributed by atoms with Crippen LogP contribution < -0.4 is 10.6 Å². The van der Waals surface area contributed by atoms with Gasteiger partial charge in [-0.1, -0.05) is 44.5 Å². The number of ether oxygens (including phenoxy) is 2. The van der Waals surface area contributed by atoms with E-state index in [0.29, 0.717) is 12.0 Å². The average molecular weight is 548 g/mol. The van der Waals surface area contributed by atoms with Crippen molar-refractivity contribution >= 4 is 23.9 Å². The van der Waals surface area contributed by atoms with E-state index < -0.39 is 47.1 Å². The van der Waals surface area contributed by atoms with Crippen molar-refractivity contribution in [3.63, 3.8) is 0 Å². The molecule has 220 valence electrons. The van der Waals surface area contributed by atoms with Crippen LogP contribution in [0.1, 0.15) is 97.9 Å². The fourth-order valence-corrected chi connectivity index (χ4v) is 4.11. The van der Waals surface area contributed by atoms with E-state index in [4.69, 9.17) is 9.47 Å². The highest BCUT2D eigenvalue weighted by Gasteiger charge is 2.44. The normalized spacial score (nSPS) is 13.3. The van der Waals surface area contributed by atoms with Crippen LogP contribution in [0.4, 0.5) is 4.79 Å². The van der Waals surface area contributed by atoms with Gasteiger partial charge in [0.2, 0.25) is 11.8 Å². The second-order valence-corrected chi connectivity index (χ2v) is 11.9. The predicted octanol–water partition coefficient (Wildman–Crippen LogP) is 4.98. The zero-order valence-corrected chi connectivity index (χ0v) is 25.7. The highest BCUT2D eigenvalue weighted by Crippen LogP contribution is 2.34. The summed E-state index contributed by atoms with van der Waals surface area (Å²) in [7, 11) is 0. The molecule has 0 aromatic heterocycles. The minimum absolute atomic E-state index is 0.0129. The molecule has 0 aliphatic rings. The highest BCUT2D eigenvalue weighted by atomic mass is 16.6. The van der Waals surface area contributed by atoms with Crippen LogP contribution in [0.2, 0.25) is 0 Å². The van der Waals surface area contributed by atoms with Crippen LogP contribution in [0, 0.1) is 19.8 Å². The molecular formula is C30H49N3O6. The van der Waals surface area contributed by atoms with Gasteiger partial charge in [-0.15, -0.1) is 0 Å². The third-order valence-electron chi connectivity index (χ3n) is 6.53. The number of nitrogens with one attached hydrogen (secondary N) is 2. The number of nitrogens with zero attached hydrogens (tertiary/aromatic N) is 1. The van der Waals surface area contributed by atoms with Gasteiger partial charge in [-0.25, -0.2) is 4.79 Å². The van der Waals surface area contributed by atoms with Crippen molar-refractivity contribution in [1.29, 1.82) is 0 Å². The molecule has 0 radical (unpaired) electrons. The standard InChI is InChI=1S/C30H49N3O6/c1-12-30(10,11)33(27(36)24(19(3)4)32-28(37)39-29(7,8)9)25(22-18-20(5)14-15-21(22)6)26(35)31-17-16-23(34)38-13-2/h14-15,18-19,24-25H,12-13,16-17H2,1-11H3,(H,31,35)(H,32,37). The molecule has 2 unspecified atom stereocenters. The summed E-state index contributed by atoms with van der Waals surface area (Å²) in [6.07, 6.45) is -0.141. The molecule has 1 rings (SSSR count). The Morgan fingerprint density at radius 1 is 1.00 bits per heavy atom. The van der Waals surface area contributed by atoms with Crippen LogP contribution in [0.25, 0.3) is 0 Å². The van der Waals surface area contributed by atoms with E-state index in [-0.39, 0.29) is 25.5 Å². The van der Waals surface area contributed by atoms with Crippen molar-refractivity contribution in [3.8, 4) is 0 Å². The Morgan fingerprint density at radius 2 is 1.62 bits per heavy atom. The van der Waals surface area contributed by atoms with Crippen molar-refractivity contribution in [2.24, 2.45) is 5.92 Å². The van der Waals surface area contributed by atoms with E-state index >= 15 is 0 Å². The number of esters is 1. The van der Waals surface area contributed by atoms with Gasteiger partial charge in [-0.2, -0.15) is 0 Å². The van der Waals surface area contributed by atoms with E-state index in [9.17, 15) is 19.2 Å². The Morgan fingerprint density at radius 3 is 2.13 bits per heavy atom. The van der Waals surface area contributed by atoms with E-state index in [0.717, 1.165) is 11.1 Å². The van der Waals surface area contributed by atoms with Gasteiger partial charge in [0, 0.05) is 12.1 Å². The molecule has 2 N–H and O–H groups in total. The van der Waals surface area contributed by atoms with E-state index in [1.807, 2.05) is 66.7 Å². The van der Waals surface area contributed by atoms with Gasteiger partial charge in [-0.3, -0.25) is 14.4 Å². The monoisotopic (exact) mass is 547 g/mol. The first-order valence-corrected chi connectivity index (χ1v) is 13.8. The molecule has 2 atom stereocenters. The molecule has 1 aromatic carbocycles. The largest absolute Gasteiger partial charge is 0.466 e. The third kappa shape index (κ3) is 10.2. The van der Waals surface area contributed by atoms with Crippen molar-refractivity contribution in [2.75, 3.05) is 13.2 Å². The first-order chi connectivity index (χ1) is 17.9.